The molecule has 0 aliphatic carbocycles. The van der Waals surface area contributed by atoms with E-state index >= 15 is 0 Å². The van der Waals surface area contributed by atoms with Crippen molar-refractivity contribution in [2.75, 3.05) is 6.61 Å². The molecule has 0 radical (unpaired) electrons. The highest BCUT2D eigenvalue weighted by Gasteiger charge is 2.24. The number of amides is 1. The lowest BCUT2D eigenvalue weighted by atomic mass is 10.2. The van der Waals surface area contributed by atoms with Gasteiger partial charge in [-0.1, -0.05) is 0 Å². The summed E-state index contributed by atoms with van der Waals surface area (Å²) in [6, 6.07) is 10.7. The molecule has 0 aromatic heterocycles. The van der Waals surface area contributed by atoms with Gasteiger partial charge in [-0.3, -0.25) is 9.36 Å². The van der Waals surface area contributed by atoms with Crippen molar-refractivity contribution in [1.29, 1.82) is 0 Å². The van der Waals surface area contributed by atoms with Gasteiger partial charge in [-0.15, -0.1) is 0 Å². The van der Waals surface area contributed by atoms with Gasteiger partial charge in [-0.2, -0.15) is 0 Å². The van der Waals surface area contributed by atoms with Crippen molar-refractivity contribution < 1.29 is 28.3 Å². The molecule has 0 aliphatic heterocycles. The number of carbonyl (C=O) groups excluding carboxylic acids is 1. The molecule has 26 heavy (non-hydrogen) atoms. The maximum atomic E-state index is 12.2. The Morgan fingerprint density at radius 2 is 1.73 bits per heavy atom. The molecule has 0 heterocycles. The lowest BCUT2D eigenvalue weighted by Crippen LogP contribution is -2.11. The summed E-state index contributed by atoms with van der Waals surface area (Å²) >= 11 is 0. The molecule has 1 atom stereocenters. The molecule has 0 saturated heterocycles. The third-order valence-corrected chi connectivity index (χ3v) is 4.89. The Bertz CT molecular complexity index is 819. The highest BCUT2D eigenvalue weighted by atomic mass is 31.2. The predicted molar refractivity (Wildman–Crippen MR) is 98.3 cm³/mol. The average molecular weight is 379 g/mol. The molecule has 7 nitrogen and oxygen atoms in total. The number of hydrogen-bond donors (Lipinski definition) is 2. The van der Waals surface area contributed by atoms with Gasteiger partial charge in [0.2, 0.25) is 5.91 Å². The highest BCUT2D eigenvalue weighted by Crippen LogP contribution is 2.42. The minimum absolute atomic E-state index is 0.166. The minimum Gasteiger partial charge on any atom is -0.494 e. The molecule has 3 N–H and O–H groups in total. The Morgan fingerprint density at radius 3 is 2.27 bits per heavy atom. The van der Waals surface area contributed by atoms with E-state index in [0.717, 1.165) is 0 Å². The van der Waals surface area contributed by atoms with Crippen LogP contribution in [0.25, 0.3) is 0 Å². The van der Waals surface area contributed by atoms with Gasteiger partial charge in [0.1, 0.15) is 17.2 Å². The number of carbonyl (C=O) groups is 1. The minimum atomic E-state index is -3.88. The van der Waals surface area contributed by atoms with E-state index in [2.05, 4.69) is 0 Å². The molecule has 8 heteroatoms. The summed E-state index contributed by atoms with van der Waals surface area (Å²) in [6.45, 7) is 5.62. The van der Waals surface area contributed by atoms with E-state index in [0.29, 0.717) is 23.9 Å². The third-order valence-electron chi connectivity index (χ3n) is 3.23. The Labute approximate surface area is 152 Å². The number of ether oxygens (including phenoxy) is 2. The zero-order chi connectivity index (χ0) is 19.3. The number of benzene rings is 2. The van der Waals surface area contributed by atoms with Crippen LogP contribution in [0.4, 0.5) is 0 Å². The van der Waals surface area contributed by atoms with Gasteiger partial charge in [0, 0.05) is 11.6 Å². The van der Waals surface area contributed by atoms with Crippen molar-refractivity contribution in [3.05, 3.63) is 48.0 Å². The second kappa shape index (κ2) is 8.36. The average Bonchev–Trinajstić information content (AvgIpc) is 2.54. The zero-order valence-electron chi connectivity index (χ0n) is 14.8. The van der Waals surface area contributed by atoms with Crippen LogP contribution in [0.2, 0.25) is 0 Å². The molecule has 2 aromatic carbocycles. The van der Waals surface area contributed by atoms with Crippen molar-refractivity contribution in [3.63, 3.8) is 0 Å². The standard InChI is InChI=1S/C18H22NO6P/c1-4-23-15-9-13(18(19)20)10-16(11-15)24-14-5-7-17(8-6-14)26(21,22)25-12(2)3/h5-12H,4H2,1-3H3,(H2,19,20)(H,21,22). The summed E-state index contributed by atoms with van der Waals surface area (Å²) in [7, 11) is -3.88. The van der Waals surface area contributed by atoms with E-state index in [1.165, 1.54) is 24.3 Å². The SMILES string of the molecule is CCOc1cc(Oc2ccc(P(=O)(O)OC(C)C)cc2)cc(C(N)=O)c1. The molecular weight excluding hydrogens is 357 g/mol. The van der Waals surface area contributed by atoms with Crippen LogP contribution in [0.1, 0.15) is 31.1 Å². The van der Waals surface area contributed by atoms with Crippen molar-refractivity contribution >= 4 is 18.8 Å². The maximum Gasteiger partial charge on any atom is 0.359 e. The normalized spacial score (nSPS) is 13.3. The molecule has 0 fully saturated rings. The maximum absolute atomic E-state index is 12.2. The Morgan fingerprint density at radius 1 is 1.12 bits per heavy atom. The van der Waals surface area contributed by atoms with Gasteiger partial charge in [0.05, 0.1) is 18.0 Å². The van der Waals surface area contributed by atoms with E-state index in [1.807, 2.05) is 6.92 Å². The lowest BCUT2D eigenvalue weighted by molar-refractivity contribution is 0.0999. The van der Waals surface area contributed by atoms with Gasteiger partial charge >= 0.3 is 7.60 Å². The molecule has 2 rings (SSSR count). The van der Waals surface area contributed by atoms with E-state index < -0.39 is 13.5 Å². The predicted octanol–water partition coefficient (Wildman–Crippen LogP) is 3.21. The van der Waals surface area contributed by atoms with Crippen molar-refractivity contribution in [2.45, 2.75) is 26.9 Å². The van der Waals surface area contributed by atoms with Gasteiger partial charge in [0.25, 0.3) is 0 Å². The van der Waals surface area contributed by atoms with E-state index in [4.69, 9.17) is 19.7 Å². The Balaban J connectivity index is 2.23. The fourth-order valence-electron chi connectivity index (χ4n) is 2.21. The second-order valence-corrected chi connectivity index (χ2v) is 7.53. The van der Waals surface area contributed by atoms with Crippen molar-refractivity contribution in [3.8, 4) is 17.2 Å². The van der Waals surface area contributed by atoms with Crippen LogP contribution < -0.4 is 20.5 Å². The summed E-state index contributed by atoms with van der Waals surface area (Å²) in [6.07, 6.45) is -0.379. The monoisotopic (exact) mass is 379 g/mol. The van der Waals surface area contributed by atoms with Crippen LogP contribution in [0.3, 0.4) is 0 Å². The topological polar surface area (TPSA) is 108 Å². The van der Waals surface area contributed by atoms with Crippen LogP contribution >= 0.6 is 7.60 Å². The summed E-state index contributed by atoms with van der Waals surface area (Å²) in [5.74, 6) is 0.643. The van der Waals surface area contributed by atoms with Gasteiger partial charge in [-0.05, 0) is 57.2 Å². The van der Waals surface area contributed by atoms with Gasteiger partial charge < -0.3 is 24.6 Å². The molecular formula is C18H22NO6P. The van der Waals surface area contributed by atoms with Crippen LogP contribution in [-0.4, -0.2) is 23.5 Å². The second-order valence-electron chi connectivity index (χ2n) is 5.76. The molecule has 0 spiro atoms. The van der Waals surface area contributed by atoms with E-state index in [-0.39, 0.29) is 17.0 Å². The number of primary amides is 1. The molecule has 2 aromatic rings. The van der Waals surface area contributed by atoms with E-state index in [1.54, 1.807) is 32.0 Å². The first-order valence-corrected chi connectivity index (χ1v) is 9.66. The molecule has 0 saturated carbocycles. The highest BCUT2D eigenvalue weighted by molar-refractivity contribution is 7.61. The van der Waals surface area contributed by atoms with Crippen molar-refractivity contribution in [1.82, 2.24) is 0 Å². The molecule has 0 aliphatic rings. The summed E-state index contributed by atoms with van der Waals surface area (Å²) < 4.78 is 28.3. The largest absolute Gasteiger partial charge is 0.494 e. The first kappa shape index (κ1) is 20.0. The molecule has 1 unspecified atom stereocenters. The summed E-state index contributed by atoms with van der Waals surface area (Å²) in [5.41, 5.74) is 5.58. The van der Waals surface area contributed by atoms with Gasteiger partial charge in [-0.25, -0.2) is 0 Å². The number of nitrogens with two attached hydrogens (primary N) is 1. The van der Waals surface area contributed by atoms with Crippen LogP contribution in [-0.2, 0) is 9.09 Å². The first-order valence-electron chi connectivity index (χ1n) is 8.08. The Hall–Kier alpha value is -2.34. The third kappa shape index (κ3) is 5.33. The smallest absolute Gasteiger partial charge is 0.359 e. The number of rotatable bonds is 8. The lowest BCUT2D eigenvalue weighted by Gasteiger charge is -2.15. The molecule has 1 amide bonds. The van der Waals surface area contributed by atoms with Crippen LogP contribution in [0, 0.1) is 0 Å². The number of hydrogen-bond acceptors (Lipinski definition) is 5. The summed E-state index contributed by atoms with van der Waals surface area (Å²) in [4.78, 5) is 21.4. The fourth-order valence-corrected chi connectivity index (χ4v) is 3.43. The fraction of sp³-hybridized carbons (Fsp3) is 0.278. The zero-order valence-corrected chi connectivity index (χ0v) is 15.7. The van der Waals surface area contributed by atoms with Crippen molar-refractivity contribution in [2.24, 2.45) is 5.73 Å². The van der Waals surface area contributed by atoms with E-state index in [9.17, 15) is 14.3 Å². The van der Waals surface area contributed by atoms with Crippen LogP contribution in [0.15, 0.2) is 42.5 Å². The molecule has 0 bridgehead atoms. The summed E-state index contributed by atoms with van der Waals surface area (Å²) in [5, 5.41) is 0.166. The van der Waals surface area contributed by atoms with Crippen LogP contribution in [0.5, 0.6) is 17.2 Å². The Kier molecular flexibility index (Phi) is 6.42. The molecule has 140 valence electrons. The first-order chi connectivity index (χ1) is 12.2. The quantitative estimate of drug-likeness (QED) is 0.682. The van der Waals surface area contributed by atoms with Gasteiger partial charge in [0.15, 0.2) is 0 Å².